The topological polar surface area (TPSA) is 65.4 Å². The molecule has 1 atom stereocenters. The lowest BCUT2D eigenvalue weighted by Crippen LogP contribution is -2.51. The summed E-state index contributed by atoms with van der Waals surface area (Å²) in [4.78, 5) is 16.2. The van der Waals surface area contributed by atoms with Crippen molar-refractivity contribution >= 4 is 17.2 Å². The van der Waals surface area contributed by atoms with E-state index in [-0.39, 0.29) is 12.0 Å². The molecule has 1 amide bonds. The average molecular weight is 376 g/mol. The molecule has 1 aromatic rings. The molecule has 0 aromatic carbocycles. The summed E-state index contributed by atoms with van der Waals surface area (Å²) in [6.07, 6.45) is 8.26. The van der Waals surface area contributed by atoms with Crippen LogP contribution in [0.15, 0.2) is 17.5 Å². The maximum Gasteiger partial charge on any atom is 0.235 e. The third-order valence-electron chi connectivity index (χ3n) is 5.36. The van der Waals surface area contributed by atoms with Gasteiger partial charge in [0.1, 0.15) is 5.54 Å². The molecule has 0 bridgehead atoms. The third kappa shape index (κ3) is 5.54. The number of nitrogens with one attached hydrogen (secondary N) is 1. The number of amides is 1. The molecule has 3 rings (SSSR count). The van der Waals surface area contributed by atoms with Crippen molar-refractivity contribution in [3.63, 3.8) is 0 Å². The van der Waals surface area contributed by atoms with Crippen molar-refractivity contribution in [1.29, 1.82) is 5.26 Å². The van der Waals surface area contributed by atoms with E-state index < -0.39 is 5.54 Å². The number of nitrogens with zero attached hydrogens (tertiary/aromatic N) is 2. The molecule has 1 saturated heterocycles. The van der Waals surface area contributed by atoms with Crippen LogP contribution < -0.4 is 5.32 Å². The van der Waals surface area contributed by atoms with Crippen molar-refractivity contribution in [3.05, 3.63) is 22.4 Å². The molecule has 1 aliphatic carbocycles. The van der Waals surface area contributed by atoms with E-state index in [9.17, 15) is 10.1 Å². The Balaban J connectivity index is 1.60. The zero-order valence-corrected chi connectivity index (χ0v) is 16.2. The first-order chi connectivity index (χ1) is 12.7. The van der Waals surface area contributed by atoms with E-state index in [0.717, 1.165) is 71.1 Å². The van der Waals surface area contributed by atoms with Crippen LogP contribution in [-0.2, 0) is 16.1 Å². The lowest BCUT2D eigenvalue weighted by molar-refractivity contribution is -0.124. The van der Waals surface area contributed by atoms with Crippen molar-refractivity contribution in [1.82, 2.24) is 10.2 Å². The van der Waals surface area contributed by atoms with Crippen LogP contribution >= 0.6 is 11.3 Å². The normalized spacial score (nSPS) is 22.7. The van der Waals surface area contributed by atoms with Gasteiger partial charge in [0, 0.05) is 24.6 Å². The molecule has 2 aliphatic rings. The molecule has 0 radical (unpaired) electrons. The van der Waals surface area contributed by atoms with Crippen molar-refractivity contribution in [3.8, 4) is 6.07 Å². The van der Waals surface area contributed by atoms with Gasteiger partial charge in [-0.3, -0.25) is 9.69 Å². The highest BCUT2D eigenvalue weighted by Gasteiger charge is 2.33. The van der Waals surface area contributed by atoms with Gasteiger partial charge in [-0.05, 0) is 37.1 Å². The summed E-state index contributed by atoms with van der Waals surface area (Å²) >= 11 is 1.71. The van der Waals surface area contributed by atoms with Gasteiger partial charge in [-0.25, -0.2) is 0 Å². The number of carbonyl (C=O) groups is 1. The number of hydrogen-bond acceptors (Lipinski definition) is 5. The van der Waals surface area contributed by atoms with Crippen molar-refractivity contribution in [2.75, 3.05) is 19.7 Å². The maximum absolute atomic E-state index is 12.8. The van der Waals surface area contributed by atoms with Gasteiger partial charge >= 0.3 is 0 Å². The van der Waals surface area contributed by atoms with Crippen LogP contribution in [0.1, 0.15) is 56.2 Å². The van der Waals surface area contributed by atoms with Gasteiger partial charge in [0.25, 0.3) is 0 Å². The smallest absolute Gasteiger partial charge is 0.235 e. The minimum absolute atomic E-state index is 0.0389. The first kappa shape index (κ1) is 19.3. The lowest BCUT2D eigenvalue weighted by Gasteiger charge is -2.29. The fourth-order valence-corrected chi connectivity index (χ4v) is 4.74. The molecule has 5 nitrogen and oxygen atoms in total. The van der Waals surface area contributed by atoms with E-state index in [4.69, 9.17) is 4.74 Å². The number of nitriles is 1. The van der Waals surface area contributed by atoms with Gasteiger partial charge in [-0.1, -0.05) is 31.7 Å². The molecule has 0 spiro atoms. The Labute approximate surface area is 160 Å². The van der Waals surface area contributed by atoms with Crippen LogP contribution in [0.3, 0.4) is 0 Å². The number of thiophene rings is 1. The van der Waals surface area contributed by atoms with Gasteiger partial charge in [0.05, 0.1) is 18.7 Å². The highest BCUT2D eigenvalue weighted by Crippen LogP contribution is 2.26. The monoisotopic (exact) mass is 375 g/mol. The molecular formula is C20H29N3O2S. The number of ether oxygens (including phenoxy) is 1. The van der Waals surface area contributed by atoms with Crippen molar-refractivity contribution in [2.24, 2.45) is 0 Å². The van der Waals surface area contributed by atoms with Gasteiger partial charge in [-0.2, -0.15) is 5.26 Å². The highest BCUT2D eigenvalue weighted by molar-refractivity contribution is 7.09. The largest absolute Gasteiger partial charge is 0.377 e. The summed E-state index contributed by atoms with van der Waals surface area (Å²) < 4.78 is 5.77. The Hall–Kier alpha value is -1.42. The van der Waals surface area contributed by atoms with Gasteiger partial charge < -0.3 is 10.1 Å². The standard InChI is InChI=1S/C20H29N3O2S/c21-16-20(9-3-1-2-4-10-20)22-19(24)15-23(13-17-7-5-11-25-17)14-18-8-6-12-26-18/h6,8,12,17H,1-5,7,9-11,13-15H2,(H,22,24). The van der Waals surface area contributed by atoms with E-state index in [1.165, 1.54) is 4.88 Å². The average Bonchev–Trinajstić information content (AvgIpc) is 3.27. The summed E-state index contributed by atoms with van der Waals surface area (Å²) in [5, 5.41) is 14.8. The third-order valence-corrected chi connectivity index (χ3v) is 6.22. The lowest BCUT2D eigenvalue weighted by atomic mass is 9.92. The van der Waals surface area contributed by atoms with E-state index in [0.29, 0.717) is 6.54 Å². The molecule has 1 aromatic heterocycles. The summed E-state index contributed by atoms with van der Waals surface area (Å²) in [7, 11) is 0. The van der Waals surface area contributed by atoms with Crippen LogP contribution in [0, 0.1) is 11.3 Å². The second-order valence-electron chi connectivity index (χ2n) is 7.54. The number of carbonyl (C=O) groups excluding carboxylic acids is 1. The second-order valence-corrected chi connectivity index (χ2v) is 8.57. The summed E-state index contributed by atoms with van der Waals surface area (Å²) in [5.74, 6) is -0.0389. The van der Waals surface area contributed by atoms with Crippen LogP contribution in [0.5, 0.6) is 0 Å². The van der Waals surface area contributed by atoms with Gasteiger partial charge in [0.15, 0.2) is 0 Å². The maximum atomic E-state index is 12.8. The molecule has 1 aliphatic heterocycles. The van der Waals surface area contributed by atoms with Crippen LogP contribution in [-0.4, -0.2) is 42.1 Å². The second kappa shape index (κ2) is 9.50. The molecule has 6 heteroatoms. The Morgan fingerprint density at radius 1 is 1.35 bits per heavy atom. The summed E-state index contributed by atoms with van der Waals surface area (Å²) in [6, 6.07) is 6.55. The fourth-order valence-electron chi connectivity index (χ4n) is 3.99. The minimum Gasteiger partial charge on any atom is -0.377 e. The van der Waals surface area contributed by atoms with Crippen LogP contribution in [0.4, 0.5) is 0 Å². The van der Waals surface area contributed by atoms with Gasteiger partial charge in [-0.15, -0.1) is 11.3 Å². The SMILES string of the molecule is N#CC1(NC(=O)CN(Cc2cccs2)CC2CCCO2)CCCCCC1. The zero-order valence-electron chi connectivity index (χ0n) is 15.4. The van der Waals surface area contributed by atoms with E-state index in [2.05, 4.69) is 27.7 Å². The molecule has 26 heavy (non-hydrogen) atoms. The van der Waals surface area contributed by atoms with E-state index in [1.54, 1.807) is 11.3 Å². The minimum atomic E-state index is -0.675. The van der Waals surface area contributed by atoms with Crippen LogP contribution in [0.25, 0.3) is 0 Å². The molecule has 142 valence electrons. The summed E-state index contributed by atoms with van der Waals surface area (Å²) in [6.45, 7) is 2.66. The molecule has 1 N–H and O–H groups in total. The predicted octanol–water partition coefficient (Wildman–Crippen LogP) is 3.46. The number of rotatable bonds is 7. The van der Waals surface area contributed by atoms with Crippen molar-refractivity contribution < 1.29 is 9.53 Å². The first-order valence-corrected chi connectivity index (χ1v) is 10.7. The molecule has 2 heterocycles. The van der Waals surface area contributed by atoms with Crippen molar-refractivity contribution in [2.45, 2.75) is 69.6 Å². The quantitative estimate of drug-likeness (QED) is 0.741. The Morgan fingerprint density at radius 2 is 2.15 bits per heavy atom. The highest BCUT2D eigenvalue weighted by atomic mass is 32.1. The Morgan fingerprint density at radius 3 is 2.77 bits per heavy atom. The van der Waals surface area contributed by atoms with E-state index >= 15 is 0 Å². The predicted molar refractivity (Wildman–Crippen MR) is 103 cm³/mol. The molecule has 1 unspecified atom stereocenters. The molecular weight excluding hydrogens is 346 g/mol. The fraction of sp³-hybridized carbons (Fsp3) is 0.700. The van der Waals surface area contributed by atoms with Gasteiger partial charge in [0.2, 0.25) is 5.91 Å². The Kier molecular flexibility index (Phi) is 7.07. The van der Waals surface area contributed by atoms with E-state index in [1.807, 2.05) is 6.07 Å². The van der Waals surface area contributed by atoms with Crippen LogP contribution in [0.2, 0.25) is 0 Å². The zero-order chi connectivity index (χ0) is 18.2. The first-order valence-electron chi connectivity index (χ1n) is 9.78. The molecule has 2 fully saturated rings. The number of hydrogen-bond donors (Lipinski definition) is 1. The summed E-state index contributed by atoms with van der Waals surface area (Å²) in [5.41, 5.74) is -0.675. The molecule has 1 saturated carbocycles. The Bertz CT molecular complexity index is 597.